The second-order valence-corrected chi connectivity index (χ2v) is 3.57. The monoisotopic (exact) mass is 248 g/mol. The van der Waals surface area contributed by atoms with Gasteiger partial charge in [-0.1, -0.05) is 0 Å². The molecule has 0 spiro atoms. The van der Waals surface area contributed by atoms with E-state index in [4.69, 9.17) is 21.1 Å². The molecule has 2 rings (SSSR count). The van der Waals surface area contributed by atoms with E-state index in [1.165, 1.54) is 0 Å². The SMILES string of the molecule is ClCc1cc(Br)c2c(c1)OCO2. The Hall–Kier alpha value is -0.410. The van der Waals surface area contributed by atoms with Gasteiger partial charge in [0.2, 0.25) is 6.79 Å². The molecule has 2 nitrogen and oxygen atoms in total. The molecule has 0 radical (unpaired) electrons. The third-order valence-corrected chi connectivity index (χ3v) is 2.54. The molecule has 0 fully saturated rings. The van der Waals surface area contributed by atoms with Crippen LogP contribution in [0.15, 0.2) is 16.6 Å². The number of ether oxygens (including phenoxy) is 2. The van der Waals surface area contributed by atoms with Gasteiger partial charge in [0.15, 0.2) is 11.5 Å². The zero-order chi connectivity index (χ0) is 8.55. The summed E-state index contributed by atoms with van der Waals surface area (Å²) in [5, 5.41) is 0. The third kappa shape index (κ3) is 1.27. The summed E-state index contributed by atoms with van der Waals surface area (Å²) in [6.45, 7) is 0.291. The van der Waals surface area contributed by atoms with Crippen molar-refractivity contribution < 1.29 is 9.47 Å². The van der Waals surface area contributed by atoms with Crippen molar-refractivity contribution in [2.45, 2.75) is 5.88 Å². The Bertz CT molecular complexity index is 314. The predicted octanol–water partition coefficient (Wildman–Crippen LogP) is 2.92. The van der Waals surface area contributed by atoms with Crippen LogP contribution in [0.5, 0.6) is 11.5 Å². The van der Waals surface area contributed by atoms with Crippen molar-refractivity contribution in [2.75, 3.05) is 6.79 Å². The van der Waals surface area contributed by atoms with Gasteiger partial charge in [-0.3, -0.25) is 0 Å². The summed E-state index contributed by atoms with van der Waals surface area (Å²) in [6.07, 6.45) is 0. The fourth-order valence-electron chi connectivity index (χ4n) is 1.10. The zero-order valence-corrected chi connectivity index (χ0v) is 8.48. The Labute approximate surface area is 83.6 Å². The maximum Gasteiger partial charge on any atom is 0.231 e. The van der Waals surface area contributed by atoms with Gasteiger partial charge in [-0.15, -0.1) is 11.6 Å². The highest BCUT2D eigenvalue weighted by atomic mass is 79.9. The van der Waals surface area contributed by atoms with Gasteiger partial charge in [0.1, 0.15) is 0 Å². The first-order valence-electron chi connectivity index (χ1n) is 3.45. The minimum absolute atomic E-state index is 0.291. The van der Waals surface area contributed by atoms with Crippen LogP contribution in [0.3, 0.4) is 0 Å². The van der Waals surface area contributed by atoms with E-state index in [-0.39, 0.29) is 0 Å². The summed E-state index contributed by atoms with van der Waals surface area (Å²) in [4.78, 5) is 0. The normalized spacial score (nSPS) is 13.5. The smallest absolute Gasteiger partial charge is 0.231 e. The third-order valence-electron chi connectivity index (χ3n) is 1.64. The molecule has 0 atom stereocenters. The lowest BCUT2D eigenvalue weighted by molar-refractivity contribution is 0.173. The highest BCUT2D eigenvalue weighted by molar-refractivity contribution is 9.10. The van der Waals surface area contributed by atoms with E-state index in [1.54, 1.807) is 0 Å². The molecule has 0 saturated carbocycles. The summed E-state index contributed by atoms with van der Waals surface area (Å²) >= 11 is 9.06. The predicted molar refractivity (Wildman–Crippen MR) is 49.8 cm³/mol. The molecule has 1 aromatic rings. The summed E-state index contributed by atoms with van der Waals surface area (Å²) in [6, 6.07) is 3.82. The maximum atomic E-state index is 5.68. The molecule has 4 heteroatoms. The lowest BCUT2D eigenvalue weighted by Gasteiger charge is -2.01. The topological polar surface area (TPSA) is 18.5 Å². The van der Waals surface area contributed by atoms with Crippen molar-refractivity contribution in [3.63, 3.8) is 0 Å². The highest BCUT2D eigenvalue weighted by Gasteiger charge is 2.17. The molecular weight excluding hydrogens is 243 g/mol. The van der Waals surface area contributed by atoms with Crippen molar-refractivity contribution in [1.29, 1.82) is 0 Å². The van der Waals surface area contributed by atoms with Crippen LogP contribution in [0.2, 0.25) is 0 Å². The number of hydrogen-bond acceptors (Lipinski definition) is 2. The molecule has 12 heavy (non-hydrogen) atoms. The summed E-state index contributed by atoms with van der Waals surface area (Å²) in [7, 11) is 0. The molecule has 1 heterocycles. The molecule has 0 saturated heterocycles. The van der Waals surface area contributed by atoms with E-state index in [9.17, 15) is 0 Å². The second kappa shape index (κ2) is 3.15. The van der Waals surface area contributed by atoms with Crippen LogP contribution < -0.4 is 9.47 Å². The van der Waals surface area contributed by atoms with Crippen LogP contribution in [0.4, 0.5) is 0 Å². The maximum absolute atomic E-state index is 5.68. The first kappa shape index (κ1) is 8.20. The van der Waals surface area contributed by atoms with Crippen LogP contribution in [0.1, 0.15) is 5.56 Å². The largest absolute Gasteiger partial charge is 0.454 e. The minimum atomic E-state index is 0.291. The van der Waals surface area contributed by atoms with Gasteiger partial charge < -0.3 is 9.47 Å². The quantitative estimate of drug-likeness (QED) is 0.713. The van der Waals surface area contributed by atoms with E-state index in [1.807, 2.05) is 12.1 Å². The van der Waals surface area contributed by atoms with Gasteiger partial charge in [-0.25, -0.2) is 0 Å². The van der Waals surface area contributed by atoms with Crippen LogP contribution in [-0.4, -0.2) is 6.79 Å². The molecule has 64 valence electrons. The number of alkyl halides is 1. The Morgan fingerprint density at radius 2 is 2.25 bits per heavy atom. The van der Waals surface area contributed by atoms with Crippen LogP contribution >= 0.6 is 27.5 Å². The van der Waals surface area contributed by atoms with Crippen LogP contribution in [0.25, 0.3) is 0 Å². The molecule has 0 aliphatic carbocycles. The second-order valence-electron chi connectivity index (χ2n) is 2.45. The van der Waals surface area contributed by atoms with E-state index in [0.29, 0.717) is 12.7 Å². The molecule has 1 aromatic carbocycles. The van der Waals surface area contributed by atoms with Crippen molar-refractivity contribution in [1.82, 2.24) is 0 Å². The number of benzene rings is 1. The Morgan fingerprint density at radius 1 is 1.42 bits per heavy atom. The molecule has 0 bridgehead atoms. The minimum Gasteiger partial charge on any atom is -0.454 e. The van der Waals surface area contributed by atoms with E-state index in [0.717, 1.165) is 21.5 Å². The van der Waals surface area contributed by atoms with Crippen molar-refractivity contribution >= 4 is 27.5 Å². The molecule has 0 aromatic heterocycles. The Morgan fingerprint density at radius 3 is 3.00 bits per heavy atom. The van der Waals surface area contributed by atoms with Gasteiger partial charge in [0.05, 0.1) is 4.47 Å². The van der Waals surface area contributed by atoms with Crippen molar-refractivity contribution in [3.05, 3.63) is 22.2 Å². The van der Waals surface area contributed by atoms with Crippen molar-refractivity contribution in [3.8, 4) is 11.5 Å². The van der Waals surface area contributed by atoms with Gasteiger partial charge in [-0.2, -0.15) is 0 Å². The van der Waals surface area contributed by atoms with Gasteiger partial charge in [0, 0.05) is 5.88 Å². The van der Waals surface area contributed by atoms with E-state index >= 15 is 0 Å². The van der Waals surface area contributed by atoms with E-state index in [2.05, 4.69) is 15.9 Å². The summed E-state index contributed by atoms with van der Waals surface area (Å²) in [5.74, 6) is 2.01. The summed E-state index contributed by atoms with van der Waals surface area (Å²) < 4.78 is 11.3. The molecular formula is C8H6BrClO2. The first-order chi connectivity index (χ1) is 5.81. The lowest BCUT2D eigenvalue weighted by Crippen LogP contribution is -1.93. The van der Waals surface area contributed by atoms with E-state index < -0.39 is 0 Å². The van der Waals surface area contributed by atoms with Gasteiger partial charge >= 0.3 is 0 Å². The number of halogens is 2. The van der Waals surface area contributed by atoms with Crippen LogP contribution in [-0.2, 0) is 5.88 Å². The average molecular weight is 249 g/mol. The fourth-order valence-corrected chi connectivity index (χ4v) is 1.86. The molecule has 0 amide bonds. The molecule has 0 unspecified atom stereocenters. The standard InChI is InChI=1S/C8H6BrClO2/c9-6-1-5(3-10)2-7-8(6)12-4-11-7/h1-2H,3-4H2. The van der Waals surface area contributed by atoms with Gasteiger partial charge in [-0.05, 0) is 33.6 Å². The molecule has 1 aliphatic rings. The summed E-state index contributed by atoms with van der Waals surface area (Å²) in [5.41, 5.74) is 1.02. The number of rotatable bonds is 1. The zero-order valence-electron chi connectivity index (χ0n) is 6.14. The average Bonchev–Trinajstić information content (AvgIpc) is 2.52. The number of fused-ring (bicyclic) bond motifs is 1. The lowest BCUT2D eigenvalue weighted by atomic mass is 10.2. The molecule has 1 aliphatic heterocycles. The first-order valence-corrected chi connectivity index (χ1v) is 4.78. The molecule has 0 N–H and O–H groups in total. The fraction of sp³-hybridized carbons (Fsp3) is 0.250. The highest BCUT2D eigenvalue weighted by Crippen LogP contribution is 2.40. The van der Waals surface area contributed by atoms with Gasteiger partial charge in [0.25, 0.3) is 0 Å². The van der Waals surface area contributed by atoms with Crippen LogP contribution in [0, 0.1) is 0 Å². The number of hydrogen-bond donors (Lipinski definition) is 0. The van der Waals surface area contributed by atoms with Crippen molar-refractivity contribution in [2.24, 2.45) is 0 Å². The Balaban J connectivity index is 2.51. The Kier molecular flexibility index (Phi) is 2.15.